The minimum atomic E-state index is 0.299. The van der Waals surface area contributed by atoms with Gasteiger partial charge >= 0.3 is 0 Å². The Bertz CT molecular complexity index is 576. The Morgan fingerprint density at radius 3 is 2.18 bits per heavy atom. The van der Waals surface area contributed by atoms with Crippen molar-refractivity contribution in [1.29, 1.82) is 0 Å². The Morgan fingerprint density at radius 1 is 0.818 bits per heavy atom. The van der Waals surface area contributed by atoms with Crippen molar-refractivity contribution >= 4 is 17.5 Å². The average Bonchev–Trinajstić information content (AvgIpc) is 2.60. The van der Waals surface area contributed by atoms with Gasteiger partial charge in [-0.15, -0.1) is 0 Å². The van der Waals surface area contributed by atoms with E-state index >= 15 is 0 Å². The largest absolute Gasteiger partial charge is 0.294 e. The highest BCUT2D eigenvalue weighted by Gasteiger charge is 2.17. The molecule has 22 heavy (non-hydrogen) atoms. The van der Waals surface area contributed by atoms with Crippen LogP contribution in [0.15, 0.2) is 58.3 Å². The lowest BCUT2D eigenvalue weighted by Crippen LogP contribution is -2.10. The van der Waals surface area contributed by atoms with Crippen molar-refractivity contribution in [2.24, 2.45) is 0 Å². The van der Waals surface area contributed by atoms with Gasteiger partial charge in [0.2, 0.25) is 0 Å². The SMILES string of the molecule is CC.CC.O=C1CCCc2cc(Sc3ccccc3)ccc21. The van der Waals surface area contributed by atoms with E-state index in [1.54, 1.807) is 11.8 Å². The first-order chi connectivity index (χ1) is 10.8. The van der Waals surface area contributed by atoms with Gasteiger partial charge in [0.1, 0.15) is 0 Å². The summed E-state index contributed by atoms with van der Waals surface area (Å²) in [5, 5.41) is 0. The molecular weight excluding hydrogens is 288 g/mol. The van der Waals surface area contributed by atoms with Crippen molar-refractivity contribution in [3.8, 4) is 0 Å². The maximum absolute atomic E-state index is 11.7. The normalized spacial score (nSPS) is 12.3. The number of fused-ring (bicyclic) bond motifs is 1. The Kier molecular flexibility index (Phi) is 8.61. The van der Waals surface area contributed by atoms with Gasteiger partial charge in [-0.2, -0.15) is 0 Å². The van der Waals surface area contributed by atoms with Crippen molar-refractivity contribution in [2.75, 3.05) is 0 Å². The lowest BCUT2D eigenvalue weighted by molar-refractivity contribution is 0.0972. The van der Waals surface area contributed by atoms with Gasteiger partial charge in [0.05, 0.1) is 0 Å². The van der Waals surface area contributed by atoms with Crippen LogP contribution in [0.2, 0.25) is 0 Å². The molecule has 0 bridgehead atoms. The maximum atomic E-state index is 11.7. The molecule has 1 aliphatic carbocycles. The van der Waals surface area contributed by atoms with Crippen LogP contribution in [0.5, 0.6) is 0 Å². The molecule has 0 N–H and O–H groups in total. The molecule has 0 fully saturated rings. The van der Waals surface area contributed by atoms with Gasteiger partial charge in [0.15, 0.2) is 5.78 Å². The van der Waals surface area contributed by atoms with Gasteiger partial charge in [-0.05, 0) is 42.7 Å². The van der Waals surface area contributed by atoms with Gasteiger partial charge in [-0.3, -0.25) is 4.79 Å². The minimum absolute atomic E-state index is 0.299. The Balaban J connectivity index is 0.000000561. The van der Waals surface area contributed by atoms with E-state index in [1.165, 1.54) is 15.4 Å². The number of aryl methyl sites for hydroxylation is 1. The first-order valence-electron chi connectivity index (χ1n) is 8.22. The molecule has 2 aromatic carbocycles. The summed E-state index contributed by atoms with van der Waals surface area (Å²) < 4.78 is 0. The van der Waals surface area contributed by atoms with Crippen LogP contribution in [0, 0.1) is 0 Å². The highest BCUT2D eigenvalue weighted by atomic mass is 32.2. The van der Waals surface area contributed by atoms with E-state index in [2.05, 4.69) is 24.3 Å². The standard InChI is InChI=1S/C16H14OS.2C2H6/c17-16-8-4-5-12-11-14(9-10-15(12)16)18-13-6-2-1-3-7-13;2*1-2/h1-3,6-7,9-11H,4-5,8H2;2*1-2H3. The third-order valence-electron chi connectivity index (χ3n) is 3.21. The van der Waals surface area contributed by atoms with Crippen LogP contribution in [0.3, 0.4) is 0 Å². The van der Waals surface area contributed by atoms with E-state index in [1.807, 2.05) is 52.0 Å². The third kappa shape index (κ3) is 5.03. The van der Waals surface area contributed by atoms with E-state index in [9.17, 15) is 4.79 Å². The van der Waals surface area contributed by atoms with Crippen LogP contribution >= 0.6 is 11.8 Å². The maximum Gasteiger partial charge on any atom is 0.163 e. The number of hydrogen-bond acceptors (Lipinski definition) is 2. The van der Waals surface area contributed by atoms with Gasteiger partial charge < -0.3 is 0 Å². The van der Waals surface area contributed by atoms with Crippen molar-refractivity contribution < 1.29 is 4.79 Å². The molecule has 0 aliphatic heterocycles. The Morgan fingerprint density at radius 2 is 1.50 bits per heavy atom. The summed E-state index contributed by atoms with van der Waals surface area (Å²) in [7, 11) is 0. The molecule has 0 atom stereocenters. The molecule has 2 aromatic rings. The number of carbonyl (C=O) groups excluding carboxylic acids is 1. The molecule has 1 aliphatic rings. The predicted octanol–water partition coefficient (Wildman–Crippen LogP) is 6.41. The second-order valence-corrected chi connectivity index (χ2v) is 5.66. The fourth-order valence-electron chi connectivity index (χ4n) is 2.31. The first kappa shape index (κ1) is 18.5. The quantitative estimate of drug-likeness (QED) is 0.637. The second kappa shape index (κ2) is 10.2. The number of Topliss-reactive ketones (excluding diaryl/α,β-unsaturated/α-hetero) is 1. The lowest BCUT2D eigenvalue weighted by Gasteiger charge is -2.15. The summed E-state index contributed by atoms with van der Waals surface area (Å²) in [5.41, 5.74) is 2.14. The lowest BCUT2D eigenvalue weighted by atomic mass is 9.91. The summed E-state index contributed by atoms with van der Waals surface area (Å²) in [5.74, 6) is 0.299. The number of benzene rings is 2. The zero-order valence-corrected chi connectivity index (χ0v) is 14.9. The zero-order chi connectivity index (χ0) is 16.4. The molecule has 3 rings (SSSR count). The molecule has 0 heterocycles. The van der Waals surface area contributed by atoms with Gasteiger partial charge in [-0.1, -0.05) is 63.7 Å². The monoisotopic (exact) mass is 314 g/mol. The third-order valence-corrected chi connectivity index (χ3v) is 4.20. The summed E-state index contributed by atoms with van der Waals surface area (Å²) in [6, 6.07) is 16.5. The molecule has 0 saturated carbocycles. The topological polar surface area (TPSA) is 17.1 Å². The molecule has 0 radical (unpaired) electrons. The Hall–Kier alpha value is -1.54. The molecule has 0 unspecified atom stereocenters. The number of hydrogen-bond donors (Lipinski definition) is 0. The molecule has 0 spiro atoms. The highest BCUT2D eigenvalue weighted by molar-refractivity contribution is 7.99. The fraction of sp³-hybridized carbons (Fsp3) is 0.350. The predicted molar refractivity (Wildman–Crippen MR) is 97.0 cm³/mol. The number of ketones is 1. The Labute approximate surface area is 139 Å². The van der Waals surface area contributed by atoms with Crippen molar-refractivity contribution in [3.05, 3.63) is 59.7 Å². The molecule has 118 valence electrons. The smallest absolute Gasteiger partial charge is 0.163 e. The van der Waals surface area contributed by atoms with Crippen LogP contribution in [0.4, 0.5) is 0 Å². The zero-order valence-electron chi connectivity index (χ0n) is 14.1. The van der Waals surface area contributed by atoms with Gasteiger partial charge in [0.25, 0.3) is 0 Å². The van der Waals surface area contributed by atoms with Crippen molar-refractivity contribution in [3.63, 3.8) is 0 Å². The molecule has 1 nitrogen and oxygen atoms in total. The van der Waals surface area contributed by atoms with Gasteiger partial charge in [-0.25, -0.2) is 0 Å². The fourth-order valence-corrected chi connectivity index (χ4v) is 3.21. The van der Waals surface area contributed by atoms with Crippen LogP contribution in [-0.2, 0) is 6.42 Å². The molecule has 2 heteroatoms. The summed E-state index contributed by atoms with van der Waals surface area (Å²) in [4.78, 5) is 14.2. The number of carbonyl (C=O) groups is 1. The van der Waals surface area contributed by atoms with Crippen molar-refractivity contribution in [2.45, 2.75) is 56.7 Å². The van der Waals surface area contributed by atoms with Crippen LogP contribution < -0.4 is 0 Å². The van der Waals surface area contributed by atoms with Crippen LogP contribution in [0.25, 0.3) is 0 Å². The molecule has 0 aromatic heterocycles. The molecule has 0 saturated heterocycles. The van der Waals surface area contributed by atoms with E-state index in [0.717, 1.165) is 18.4 Å². The summed E-state index contributed by atoms with van der Waals surface area (Å²) >= 11 is 1.75. The number of rotatable bonds is 2. The van der Waals surface area contributed by atoms with Crippen LogP contribution in [0.1, 0.15) is 56.5 Å². The van der Waals surface area contributed by atoms with E-state index in [0.29, 0.717) is 12.2 Å². The second-order valence-electron chi connectivity index (χ2n) is 4.51. The van der Waals surface area contributed by atoms with E-state index in [4.69, 9.17) is 0 Å². The van der Waals surface area contributed by atoms with Gasteiger partial charge in [0, 0.05) is 21.8 Å². The van der Waals surface area contributed by atoms with Crippen LogP contribution in [-0.4, -0.2) is 5.78 Å². The minimum Gasteiger partial charge on any atom is -0.294 e. The average molecular weight is 314 g/mol. The summed E-state index contributed by atoms with van der Waals surface area (Å²) in [6.07, 6.45) is 2.73. The highest BCUT2D eigenvalue weighted by Crippen LogP contribution is 2.31. The first-order valence-corrected chi connectivity index (χ1v) is 9.03. The van der Waals surface area contributed by atoms with Crippen molar-refractivity contribution in [1.82, 2.24) is 0 Å². The molecule has 0 amide bonds. The summed E-state index contributed by atoms with van der Waals surface area (Å²) in [6.45, 7) is 8.00. The van der Waals surface area contributed by atoms with E-state index in [-0.39, 0.29) is 0 Å². The van der Waals surface area contributed by atoms with E-state index < -0.39 is 0 Å². The molecular formula is C20H26OS.